The summed E-state index contributed by atoms with van der Waals surface area (Å²) in [6, 6.07) is 5.81. The molecule has 18 heavy (non-hydrogen) atoms. The smallest absolute Gasteiger partial charge is 0.252 e. The Labute approximate surface area is 126 Å². The van der Waals surface area contributed by atoms with Crippen LogP contribution in [-0.4, -0.2) is 11.9 Å². The molecule has 1 amide bonds. The van der Waals surface area contributed by atoms with Crippen molar-refractivity contribution in [2.45, 2.75) is 39.7 Å². The zero-order valence-electron chi connectivity index (χ0n) is 11.0. The SMILES string of the molecule is CC(C)CCC(C)NC(=O)c1cc(Br)ccc1Br. The van der Waals surface area contributed by atoms with Crippen LogP contribution in [0.3, 0.4) is 0 Å². The van der Waals surface area contributed by atoms with Gasteiger partial charge in [-0.15, -0.1) is 0 Å². The average molecular weight is 377 g/mol. The predicted molar refractivity (Wildman–Crippen MR) is 82.8 cm³/mol. The van der Waals surface area contributed by atoms with E-state index in [-0.39, 0.29) is 11.9 Å². The third-order valence-corrected chi connectivity index (χ3v) is 3.91. The molecule has 2 nitrogen and oxygen atoms in total. The molecule has 1 aromatic rings. The van der Waals surface area contributed by atoms with Crippen molar-refractivity contribution in [3.63, 3.8) is 0 Å². The standard InChI is InChI=1S/C14H19Br2NO/c1-9(2)4-5-10(3)17-14(18)12-8-11(15)6-7-13(12)16/h6-10H,4-5H2,1-3H3,(H,17,18). The minimum Gasteiger partial charge on any atom is -0.350 e. The molecule has 0 saturated heterocycles. The van der Waals surface area contributed by atoms with Crippen LogP contribution in [-0.2, 0) is 0 Å². The van der Waals surface area contributed by atoms with E-state index in [2.05, 4.69) is 51.0 Å². The molecule has 1 rings (SSSR count). The molecule has 100 valence electrons. The van der Waals surface area contributed by atoms with Crippen molar-refractivity contribution in [2.75, 3.05) is 0 Å². The number of benzene rings is 1. The minimum atomic E-state index is -0.0283. The Hall–Kier alpha value is -0.350. The Bertz CT molecular complexity index is 418. The summed E-state index contributed by atoms with van der Waals surface area (Å²) in [4.78, 5) is 12.1. The molecule has 0 fully saturated rings. The molecule has 1 N–H and O–H groups in total. The van der Waals surface area contributed by atoms with Gasteiger partial charge in [0.1, 0.15) is 0 Å². The van der Waals surface area contributed by atoms with Gasteiger partial charge in [0, 0.05) is 15.0 Å². The van der Waals surface area contributed by atoms with Crippen LogP contribution >= 0.6 is 31.9 Å². The number of rotatable bonds is 5. The lowest BCUT2D eigenvalue weighted by Crippen LogP contribution is -2.33. The largest absolute Gasteiger partial charge is 0.350 e. The summed E-state index contributed by atoms with van der Waals surface area (Å²) >= 11 is 6.78. The van der Waals surface area contributed by atoms with E-state index in [1.807, 2.05) is 25.1 Å². The molecule has 0 aromatic heterocycles. The van der Waals surface area contributed by atoms with Crippen LogP contribution in [0.15, 0.2) is 27.1 Å². The Morgan fingerprint density at radius 1 is 1.22 bits per heavy atom. The second kappa shape index (κ2) is 7.29. The number of carbonyl (C=O) groups excluding carboxylic acids is 1. The van der Waals surface area contributed by atoms with Crippen molar-refractivity contribution in [1.82, 2.24) is 5.32 Å². The van der Waals surface area contributed by atoms with E-state index in [9.17, 15) is 4.79 Å². The van der Waals surface area contributed by atoms with Gasteiger partial charge in [0.2, 0.25) is 0 Å². The van der Waals surface area contributed by atoms with E-state index >= 15 is 0 Å². The van der Waals surface area contributed by atoms with Crippen LogP contribution in [0.1, 0.15) is 44.0 Å². The summed E-state index contributed by atoms with van der Waals surface area (Å²) in [5.41, 5.74) is 0.667. The lowest BCUT2D eigenvalue weighted by atomic mass is 10.0. The van der Waals surface area contributed by atoms with E-state index in [1.54, 1.807) is 0 Å². The molecule has 0 bridgehead atoms. The number of carbonyl (C=O) groups is 1. The molecule has 0 spiro atoms. The normalized spacial score (nSPS) is 12.6. The topological polar surface area (TPSA) is 29.1 Å². The van der Waals surface area contributed by atoms with Crippen molar-refractivity contribution in [1.29, 1.82) is 0 Å². The van der Waals surface area contributed by atoms with Crippen molar-refractivity contribution in [3.05, 3.63) is 32.7 Å². The van der Waals surface area contributed by atoms with E-state index in [1.165, 1.54) is 0 Å². The first-order chi connectivity index (χ1) is 8.40. The monoisotopic (exact) mass is 375 g/mol. The van der Waals surface area contributed by atoms with Gasteiger partial charge >= 0.3 is 0 Å². The molecule has 4 heteroatoms. The Kier molecular flexibility index (Phi) is 6.36. The van der Waals surface area contributed by atoms with Crippen LogP contribution in [0, 0.1) is 5.92 Å². The first-order valence-corrected chi connectivity index (χ1v) is 7.74. The van der Waals surface area contributed by atoms with Crippen LogP contribution in [0.5, 0.6) is 0 Å². The van der Waals surface area contributed by atoms with Gasteiger partial charge in [0.25, 0.3) is 5.91 Å². The summed E-state index contributed by atoms with van der Waals surface area (Å²) in [5.74, 6) is 0.640. The molecule has 0 saturated carbocycles. The molecule has 1 unspecified atom stereocenters. The van der Waals surface area contributed by atoms with Crippen molar-refractivity contribution in [3.8, 4) is 0 Å². The summed E-state index contributed by atoms with van der Waals surface area (Å²) in [6.07, 6.45) is 2.14. The average Bonchev–Trinajstić information content (AvgIpc) is 2.29. The molecule has 1 aromatic carbocycles. The van der Waals surface area contributed by atoms with Crippen LogP contribution in [0.4, 0.5) is 0 Å². The molecule has 0 aliphatic rings. The van der Waals surface area contributed by atoms with Crippen LogP contribution < -0.4 is 5.32 Å². The predicted octanol–water partition coefficient (Wildman–Crippen LogP) is 4.77. The molecule has 0 radical (unpaired) electrons. The van der Waals surface area contributed by atoms with E-state index < -0.39 is 0 Å². The van der Waals surface area contributed by atoms with Gasteiger partial charge in [-0.3, -0.25) is 4.79 Å². The number of hydrogen-bond donors (Lipinski definition) is 1. The fraction of sp³-hybridized carbons (Fsp3) is 0.500. The highest BCUT2D eigenvalue weighted by molar-refractivity contribution is 9.11. The molecule has 1 atom stereocenters. The Balaban J connectivity index is 2.62. The molecule has 0 aliphatic carbocycles. The van der Waals surface area contributed by atoms with Crippen molar-refractivity contribution >= 4 is 37.8 Å². The molecule has 0 heterocycles. The third kappa shape index (κ3) is 5.11. The second-order valence-electron chi connectivity index (χ2n) is 4.97. The Morgan fingerprint density at radius 2 is 1.89 bits per heavy atom. The highest BCUT2D eigenvalue weighted by Gasteiger charge is 2.13. The van der Waals surface area contributed by atoms with Gasteiger partial charge in [-0.1, -0.05) is 29.8 Å². The van der Waals surface area contributed by atoms with Gasteiger partial charge in [-0.2, -0.15) is 0 Å². The second-order valence-corrected chi connectivity index (χ2v) is 6.74. The number of hydrogen-bond acceptors (Lipinski definition) is 1. The maximum atomic E-state index is 12.1. The minimum absolute atomic E-state index is 0.0283. The quantitative estimate of drug-likeness (QED) is 0.788. The highest BCUT2D eigenvalue weighted by atomic mass is 79.9. The van der Waals surface area contributed by atoms with Crippen molar-refractivity contribution in [2.24, 2.45) is 5.92 Å². The maximum absolute atomic E-state index is 12.1. The van der Waals surface area contributed by atoms with Gasteiger partial charge in [-0.05, 0) is 59.8 Å². The first kappa shape index (κ1) is 15.7. The maximum Gasteiger partial charge on any atom is 0.252 e. The summed E-state index contributed by atoms with van der Waals surface area (Å²) in [6.45, 7) is 6.44. The fourth-order valence-corrected chi connectivity index (χ4v) is 2.42. The van der Waals surface area contributed by atoms with Crippen molar-refractivity contribution < 1.29 is 4.79 Å². The lowest BCUT2D eigenvalue weighted by molar-refractivity contribution is 0.0936. The molecular formula is C14H19Br2NO. The zero-order chi connectivity index (χ0) is 13.7. The summed E-state index contributed by atoms with van der Waals surface area (Å²) in [5, 5.41) is 3.03. The van der Waals surface area contributed by atoms with Gasteiger partial charge in [0.05, 0.1) is 5.56 Å². The summed E-state index contributed by atoms with van der Waals surface area (Å²) in [7, 11) is 0. The third-order valence-electron chi connectivity index (χ3n) is 2.73. The van der Waals surface area contributed by atoms with Crippen LogP contribution in [0.25, 0.3) is 0 Å². The van der Waals surface area contributed by atoms with E-state index in [0.717, 1.165) is 21.8 Å². The Morgan fingerprint density at radius 3 is 2.50 bits per heavy atom. The van der Waals surface area contributed by atoms with Gasteiger partial charge in [0.15, 0.2) is 0 Å². The zero-order valence-corrected chi connectivity index (χ0v) is 14.1. The van der Waals surface area contributed by atoms with Gasteiger partial charge < -0.3 is 5.32 Å². The molecule has 0 aliphatic heterocycles. The van der Waals surface area contributed by atoms with Crippen LogP contribution in [0.2, 0.25) is 0 Å². The first-order valence-electron chi connectivity index (χ1n) is 6.16. The fourth-order valence-electron chi connectivity index (χ4n) is 1.63. The van der Waals surface area contributed by atoms with E-state index in [4.69, 9.17) is 0 Å². The summed E-state index contributed by atoms with van der Waals surface area (Å²) < 4.78 is 1.73. The lowest BCUT2D eigenvalue weighted by Gasteiger charge is -2.15. The van der Waals surface area contributed by atoms with Gasteiger partial charge in [-0.25, -0.2) is 0 Å². The molecular weight excluding hydrogens is 358 g/mol. The highest BCUT2D eigenvalue weighted by Crippen LogP contribution is 2.21. The number of halogens is 2. The number of amides is 1. The van der Waals surface area contributed by atoms with E-state index in [0.29, 0.717) is 11.5 Å². The number of nitrogens with one attached hydrogen (secondary N) is 1.